The lowest BCUT2D eigenvalue weighted by molar-refractivity contribution is 0.311. The van der Waals surface area contributed by atoms with Crippen molar-refractivity contribution in [1.82, 2.24) is 9.88 Å². The molecule has 0 fully saturated rings. The van der Waals surface area contributed by atoms with E-state index in [1.807, 2.05) is 19.2 Å². The third-order valence-corrected chi connectivity index (χ3v) is 5.87. The molecule has 0 unspecified atom stereocenters. The third-order valence-electron chi connectivity index (χ3n) is 4.02. The van der Waals surface area contributed by atoms with Crippen molar-refractivity contribution in [3.8, 4) is 0 Å². The van der Waals surface area contributed by atoms with E-state index in [1.165, 1.54) is 4.31 Å². The second kappa shape index (κ2) is 5.70. The quantitative estimate of drug-likeness (QED) is 0.867. The molecule has 5 nitrogen and oxygen atoms in total. The van der Waals surface area contributed by atoms with Crippen molar-refractivity contribution in [2.45, 2.75) is 17.9 Å². The molecule has 2 aromatic rings. The van der Waals surface area contributed by atoms with E-state index in [-0.39, 0.29) is 0 Å². The lowest BCUT2D eigenvalue weighted by atomic mass is 10.0. The summed E-state index contributed by atoms with van der Waals surface area (Å²) in [5.41, 5.74) is 2.02. The summed E-state index contributed by atoms with van der Waals surface area (Å²) in [5, 5.41) is 0. The van der Waals surface area contributed by atoms with Gasteiger partial charge < -0.3 is 4.90 Å². The van der Waals surface area contributed by atoms with Crippen molar-refractivity contribution in [3.63, 3.8) is 0 Å². The van der Waals surface area contributed by atoms with Gasteiger partial charge in [0.1, 0.15) is 5.82 Å². The van der Waals surface area contributed by atoms with Crippen LogP contribution in [-0.2, 0) is 23.0 Å². The third kappa shape index (κ3) is 2.60. The van der Waals surface area contributed by atoms with Crippen molar-refractivity contribution in [2.75, 3.05) is 24.9 Å². The molecule has 0 saturated carbocycles. The van der Waals surface area contributed by atoms with Crippen molar-refractivity contribution in [3.05, 3.63) is 53.7 Å². The summed E-state index contributed by atoms with van der Waals surface area (Å²) in [6, 6.07) is 10.8. The second-order valence-corrected chi connectivity index (χ2v) is 7.48. The molecule has 0 saturated heterocycles. The van der Waals surface area contributed by atoms with Crippen LogP contribution in [0.1, 0.15) is 11.1 Å². The molecular weight excluding hydrogens is 298 g/mol. The van der Waals surface area contributed by atoms with Crippen LogP contribution < -0.4 is 4.31 Å². The highest BCUT2D eigenvalue weighted by Crippen LogP contribution is 2.28. The minimum atomic E-state index is -3.60. The zero-order valence-corrected chi connectivity index (χ0v) is 13.5. The SMILES string of the molecule is CN1CCc2c(cccc2S(=O)(=O)N(C)c2ccccn2)C1. The monoisotopic (exact) mass is 317 g/mol. The normalized spacial score (nSPS) is 15.4. The highest BCUT2D eigenvalue weighted by molar-refractivity contribution is 7.92. The van der Waals surface area contributed by atoms with E-state index in [4.69, 9.17) is 0 Å². The maximum atomic E-state index is 13.0. The minimum Gasteiger partial charge on any atom is -0.302 e. The highest BCUT2D eigenvalue weighted by Gasteiger charge is 2.27. The largest absolute Gasteiger partial charge is 0.302 e. The standard InChI is InChI=1S/C16H19N3O2S/c1-18-11-9-14-13(12-18)6-5-7-15(14)22(20,21)19(2)16-8-3-4-10-17-16/h3-8,10H,9,11-12H2,1-2H3. The Bertz CT molecular complexity index is 775. The van der Waals surface area contributed by atoms with Gasteiger partial charge in [-0.1, -0.05) is 18.2 Å². The van der Waals surface area contributed by atoms with Gasteiger partial charge >= 0.3 is 0 Å². The Morgan fingerprint density at radius 1 is 1.18 bits per heavy atom. The van der Waals surface area contributed by atoms with E-state index in [1.54, 1.807) is 37.5 Å². The molecule has 22 heavy (non-hydrogen) atoms. The number of sulfonamides is 1. The van der Waals surface area contributed by atoms with Crippen LogP contribution >= 0.6 is 0 Å². The molecular formula is C16H19N3O2S. The number of anilines is 1. The van der Waals surface area contributed by atoms with E-state index in [2.05, 4.69) is 9.88 Å². The molecule has 0 atom stereocenters. The fourth-order valence-corrected chi connectivity index (χ4v) is 4.21. The Balaban J connectivity index is 2.05. The van der Waals surface area contributed by atoms with E-state index < -0.39 is 10.0 Å². The first-order valence-corrected chi connectivity index (χ1v) is 8.63. The van der Waals surface area contributed by atoms with Crippen molar-refractivity contribution < 1.29 is 8.42 Å². The van der Waals surface area contributed by atoms with E-state index >= 15 is 0 Å². The fourth-order valence-electron chi connectivity index (χ4n) is 2.77. The molecule has 0 spiro atoms. The Labute approximate surface area is 131 Å². The smallest absolute Gasteiger partial charge is 0.265 e. The van der Waals surface area contributed by atoms with Gasteiger partial charge in [0.05, 0.1) is 4.90 Å². The zero-order chi connectivity index (χ0) is 15.7. The number of likely N-dealkylation sites (N-methyl/N-ethyl adjacent to an activating group) is 1. The first kappa shape index (κ1) is 15.0. The average Bonchev–Trinajstić information content (AvgIpc) is 2.54. The Morgan fingerprint density at radius 3 is 2.73 bits per heavy atom. The van der Waals surface area contributed by atoms with Crippen LogP contribution in [0.5, 0.6) is 0 Å². The van der Waals surface area contributed by atoms with E-state index in [0.717, 1.165) is 30.6 Å². The van der Waals surface area contributed by atoms with Crippen molar-refractivity contribution >= 4 is 15.8 Å². The van der Waals surface area contributed by atoms with Crippen LogP contribution in [0.25, 0.3) is 0 Å². The molecule has 6 heteroatoms. The maximum Gasteiger partial charge on any atom is 0.265 e. The minimum absolute atomic E-state index is 0.395. The topological polar surface area (TPSA) is 53.5 Å². The van der Waals surface area contributed by atoms with Gasteiger partial charge in [-0.25, -0.2) is 13.4 Å². The highest BCUT2D eigenvalue weighted by atomic mass is 32.2. The van der Waals surface area contributed by atoms with Crippen LogP contribution in [0.3, 0.4) is 0 Å². The first-order valence-electron chi connectivity index (χ1n) is 7.19. The van der Waals surface area contributed by atoms with Gasteiger partial charge in [0.25, 0.3) is 10.0 Å². The van der Waals surface area contributed by atoms with Gasteiger partial charge in [-0.05, 0) is 42.8 Å². The number of benzene rings is 1. The predicted molar refractivity (Wildman–Crippen MR) is 86.3 cm³/mol. The Hall–Kier alpha value is -1.92. The summed E-state index contributed by atoms with van der Waals surface area (Å²) >= 11 is 0. The number of aromatic nitrogens is 1. The number of hydrogen-bond donors (Lipinski definition) is 0. The molecule has 2 heterocycles. The van der Waals surface area contributed by atoms with Crippen molar-refractivity contribution in [1.29, 1.82) is 0 Å². The maximum absolute atomic E-state index is 13.0. The average molecular weight is 317 g/mol. The van der Waals surface area contributed by atoms with E-state index in [9.17, 15) is 8.42 Å². The summed E-state index contributed by atoms with van der Waals surface area (Å²) in [6.45, 7) is 1.65. The van der Waals surface area contributed by atoms with Gasteiger partial charge in [0.2, 0.25) is 0 Å². The molecule has 0 N–H and O–H groups in total. The molecule has 3 rings (SSSR count). The van der Waals surface area contributed by atoms with E-state index in [0.29, 0.717) is 10.7 Å². The molecule has 1 aliphatic heterocycles. The van der Waals surface area contributed by atoms with Crippen LogP contribution in [0.4, 0.5) is 5.82 Å². The molecule has 0 radical (unpaired) electrons. The molecule has 1 aromatic heterocycles. The Morgan fingerprint density at radius 2 is 2.00 bits per heavy atom. The predicted octanol–water partition coefficient (Wildman–Crippen LogP) is 1.89. The molecule has 116 valence electrons. The van der Waals surface area contributed by atoms with Gasteiger partial charge in [-0.15, -0.1) is 0 Å². The lowest BCUT2D eigenvalue weighted by Crippen LogP contribution is -2.32. The van der Waals surface area contributed by atoms with Crippen molar-refractivity contribution in [2.24, 2.45) is 0 Å². The molecule has 0 bridgehead atoms. The summed E-state index contributed by atoms with van der Waals surface area (Å²) in [7, 11) is -0.00527. The number of hydrogen-bond acceptors (Lipinski definition) is 4. The summed E-state index contributed by atoms with van der Waals surface area (Å²) in [4.78, 5) is 6.72. The number of nitrogens with zero attached hydrogens (tertiary/aromatic N) is 3. The number of rotatable bonds is 3. The van der Waals surface area contributed by atoms with Gasteiger partial charge in [-0.2, -0.15) is 0 Å². The summed E-state index contributed by atoms with van der Waals surface area (Å²) in [5.74, 6) is 0.424. The van der Waals surface area contributed by atoms with Crippen LogP contribution in [0, 0.1) is 0 Å². The van der Waals surface area contributed by atoms with Gasteiger partial charge in [-0.3, -0.25) is 4.31 Å². The molecule has 0 aliphatic carbocycles. The summed E-state index contributed by atoms with van der Waals surface area (Å²) < 4.78 is 27.2. The molecule has 1 aliphatic rings. The fraction of sp³-hybridized carbons (Fsp3) is 0.312. The first-order chi connectivity index (χ1) is 10.5. The van der Waals surface area contributed by atoms with Gasteiger partial charge in [0.15, 0.2) is 0 Å². The lowest BCUT2D eigenvalue weighted by Gasteiger charge is -2.28. The van der Waals surface area contributed by atoms with Crippen LogP contribution in [0.2, 0.25) is 0 Å². The summed E-state index contributed by atoms with van der Waals surface area (Å²) in [6.07, 6.45) is 2.34. The van der Waals surface area contributed by atoms with Crippen LogP contribution in [-0.4, -0.2) is 38.9 Å². The van der Waals surface area contributed by atoms with Crippen LogP contribution in [0.15, 0.2) is 47.5 Å². The number of pyridine rings is 1. The number of fused-ring (bicyclic) bond motifs is 1. The molecule has 1 aromatic carbocycles. The second-order valence-electron chi connectivity index (χ2n) is 5.54. The van der Waals surface area contributed by atoms with Gasteiger partial charge in [0, 0.05) is 26.3 Å². The Kier molecular flexibility index (Phi) is 3.88. The molecule has 0 amide bonds. The zero-order valence-electron chi connectivity index (χ0n) is 12.7.